The van der Waals surface area contributed by atoms with Crippen molar-refractivity contribution in [3.8, 4) is 5.75 Å². The zero-order valence-electron chi connectivity index (χ0n) is 14.7. The number of hydrogen-bond acceptors (Lipinski definition) is 5. The van der Waals surface area contributed by atoms with Crippen LogP contribution >= 0.6 is 0 Å². The first-order valence-corrected chi connectivity index (χ1v) is 8.12. The molecular formula is C19H22N2O4. The van der Waals surface area contributed by atoms with Gasteiger partial charge in [-0.1, -0.05) is 12.1 Å². The summed E-state index contributed by atoms with van der Waals surface area (Å²) in [5, 5.41) is 0. The van der Waals surface area contributed by atoms with Crippen molar-refractivity contribution in [2.24, 2.45) is 5.73 Å². The van der Waals surface area contributed by atoms with Crippen molar-refractivity contribution in [2.45, 2.75) is 46.4 Å². The van der Waals surface area contributed by atoms with Gasteiger partial charge < -0.3 is 19.9 Å². The van der Waals surface area contributed by atoms with Gasteiger partial charge in [-0.2, -0.15) is 0 Å². The molecule has 6 heteroatoms. The van der Waals surface area contributed by atoms with E-state index in [0.29, 0.717) is 25.4 Å². The molecule has 0 saturated carbocycles. The minimum absolute atomic E-state index is 0.403. The molecule has 1 aliphatic rings. The molecule has 0 spiro atoms. The Morgan fingerprint density at radius 1 is 1.28 bits per heavy atom. The Balaban J connectivity index is 1.67. The summed E-state index contributed by atoms with van der Waals surface area (Å²) in [5.41, 5.74) is 9.46. The van der Waals surface area contributed by atoms with Crippen LogP contribution in [0.3, 0.4) is 0 Å². The molecule has 0 atom stereocenters. The lowest BCUT2D eigenvalue weighted by atomic mass is 10.1. The number of hydrogen-bond donors (Lipinski definition) is 1. The quantitative estimate of drug-likeness (QED) is 0.903. The maximum absolute atomic E-state index is 11.1. The average Bonchev–Trinajstić information content (AvgIpc) is 2.57. The number of benzene rings is 1. The van der Waals surface area contributed by atoms with Crippen LogP contribution in [0.2, 0.25) is 0 Å². The van der Waals surface area contributed by atoms with Crippen molar-refractivity contribution in [2.75, 3.05) is 0 Å². The number of carbonyl (C=O) groups excluding carboxylic acids is 1. The maximum atomic E-state index is 11.1. The Labute approximate surface area is 146 Å². The highest BCUT2D eigenvalue weighted by Crippen LogP contribution is 2.35. The molecule has 0 fully saturated rings. The van der Waals surface area contributed by atoms with E-state index in [2.05, 4.69) is 4.98 Å². The molecule has 6 nitrogen and oxygen atoms in total. The number of fused-ring (bicyclic) bond motifs is 1. The standard InChI is InChI=1S/C19H22N2O4/c1-12-17-16(11-24-19(2,3)25-17)15(8-21-12)10-23-9-13-4-6-14(7-5-13)18(20)22/h4-8H,9-11H2,1-3H3,(H2,20,22). The number of carbonyl (C=O) groups is 1. The minimum atomic E-state index is -0.652. The number of pyridine rings is 1. The van der Waals surface area contributed by atoms with Gasteiger partial charge >= 0.3 is 0 Å². The van der Waals surface area contributed by atoms with E-state index in [9.17, 15) is 4.79 Å². The minimum Gasteiger partial charge on any atom is -0.461 e. The molecule has 0 saturated heterocycles. The maximum Gasteiger partial charge on any atom is 0.248 e. The molecule has 0 aliphatic carbocycles. The molecule has 1 aromatic carbocycles. The van der Waals surface area contributed by atoms with Gasteiger partial charge in [-0.15, -0.1) is 0 Å². The predicted molar refractivity (Wildman–Crippen MR) is 91.9 cm³/mol. The molecule has 2 aromatic rings. The molecule has 132 valence electrons. The normalized spacial score (nSPS) is 15.3. The summed E-state index contributed by atoms with van der Waals surface area (Å²) in [6, 6.07) is 7.05. The monoisotopic (exact) mass is 342 g/mol. The van der Waals surface area contributed by atoms with E-state index >= 15 is 0 Å². The van der Waals surface area contributed by atoms with Crippen LogP contribution in [-0.2, 0) is 29.3 Å². The summed E-state index contributed by atoms with van der Waals surface area (Å²) in [5.74, 6) is -0.308. The largest absolute Gasteiger partial charge is 0.461 e. The lowest BCUT2D eigenvalue weighted by molar-refractivity contribution is -0.181. The Morgan fingerprint density at radius 2 is 2.00 bits per heavy atom. The Morgan fingerprint density at radius 3 is 2.68 bits per heavy atom. The van der Waals surface area contributed by atoms with Crippen molar-refractivity contribution in [3.05, 3.63) is 58.4 Å². The van der Waals surface area contributed by atoms with Crippen molar-refractivity contribution in [3.63, 3.8) is 0 Å². The fourth-order valence-corrected chi connectivity index (χ4v) is 2.66. The van der Waals surface area contributed by atoms with Crippen molar-refractivity contribution >= 4 is 5.91 Å². The van der Waals surface area contributed by atoms with Crippen LogP contribution in [0.4, 0.5) is 0 Å². The molecule has 3 rings (SSSR count). The highest BCUT2D eigenvalue weighted by Gasteiger charge is 2.30. The van der Waals surface area contributed by atoms with Gasteiger partial charge in [-0.05, 0) is 24.6 Å². The van der Waals surface area contributed by atoms with Crippen LogP contribution in [0, 0.1) is 6.92 Å². The third kappa shape index (κ3) is 3.97. The van der Waals surface area contributed by atoms with E-state index in [1.165, 1.54) is 0 Å². The molecule has 2 N–H and O–H groups in total. The van der Waals surface area contributed by atoms with Crippen LogP contribution in [0.1, 0.15) is 46.6 Å². The number of aryl methyl sites for hydroxylation is 1. The fourth-order valence-electron chi connectivity index (χ4n) is 2.66. The number of nitrogens with zero attached hydrogens (tertiary/aromatic N) is 1. The number of ether oxygens (including phenoxy) is 3. The molecule has 1 aromatic heterocycles. The lowest BCUT2D eigenvalue weighted by Crippen LogP contribution is -2.36. The number of rotatable bonds is 5. The number of nitrogens with two attached hydrogens (primary N) is 1. The SMILES string of the molecule is Cc1ncc(COCc2ccc(C(N)=O)cc2)c2c1OC(C)(C)OC2. The molecular weight excluding hydrogens is 320 g/mol. The third-order valence-corrected chi connectivity index (χ3v) is 4.08. The van der Waals surface area contributed by atoms with Crippen molar-refractivity contribution in [1.82, 2.24) is 4.98 Å². The highest BCUT2D eigenvalue weighted by molar-refractivity contribution is 5.92. The highest BCUT2D eigenvalue weighted by atomic mass is 16.7. The topological polar surface area (TPSA) is 83.7 Å². The lowest BCUT2D eigenvalue weighted by Gasteiger charge is -2.34. The number of primary amides is 1. The van der Waals surface area contributed by atoms with Crippen molar-refractivity contribution in [1.29, 1.82) is 0 Å². The van der Waals surface area contributed by atoms with Crippen LogP contribution in [-0.4, -0.2) is 16.7 Å². The Kier molecular flexibility index (Phi) is 4.74. The van der Waals surface area contributed by atoms with E-state index < -0.39 is 11.7 Å². The predicted octanol–water partition coefficient (Wildman–Crippen LogP) is 2.85. The molecule has 1 aliphatic heterocycles. The molecule has 0 radical (unpaired) electrons. The smallest absolute Gasteiger partial charge is 0.248 e. The Hall–Kier alpha value is -2.44. The average molecular weight is 342 g/mol. The third-order valence-electron chi connectivity index (χ3n) is 4.08. The summed E-state index contributed by atoms with van der Waals surface area (Å²) >= 11 is 0. The van der Waals surface area contributed by atoms with Gasteiger partial charge in [-0.25, -0.2) is 0 Å². The number of aromatic nitrogens is 1. The summed E-state index contributed by atoms with van der Waals surface area (Å²) < 4.78 is 17.4. The summed E-state index contributed by atoms with van der Waals surface area (Å²) in [6.07, 6.45) is 1.80. The fraction of sp³-hybridized carbons (Fsp3) is 0.368. The molecule has 1 amide bonds. The van der Waals surface area contributed by atoms with E-state index in [1.807, 2.05) is 32.9 Å². The van der Waals surface area contributed by atoms with Crippen LogP contribution < -0.4 is 10.5 Å². The van der Waals surface area contributed by atoms with Crippen LogP contribution in [0.25, 0.3) is 0 Å². The Bertz CT molecular complexity index is 785. The van der Waals surface area contributed by atoms with Crippen LogP contribution in [0.5, 0.6) is 5.75 Å². The van der Waals surface area contributed by atoms with E-state index in [4.69, 9.17) is 19.9 Å². The summed E-state index contributed by atoms with van der Waals surface area (Å²) in [7, 11) is 0. The first-order chi connectivity index (χ1) is 11.9. The molecule has 25 heavy (non-hydrogen) atoms. The first kappa shape index (κ1) is 17.4. The second-order valence-corrected chi connectivity index (χ2v) is 6.52. The summed E-state index contributed by atoms with van der Waals surface area (Å²) in [4.78, 5) is 15.5. The second kappa shape index (κ2) is 6.82. The zero-order valence-corrected chi connectivity index (χ0v) is 14.7. The van der Waals surface area contributed by atoms with Gasteiger partial charge in [0.2, 0.25) is 11.7 Å². The first-order valence-electron chi connectivity index (χ1n) is 8.12. The van der Waals surface area contributed by atoms with Crippen LogP contribution in [0.15, 0.2) is 30.5 Å². The van der Waals surface area contributed by atoms with Gasteiger partial charge in [-0.3, -0.25) is 9.78 Å². The van der Waals surface area contributed by atoms with E-state index in [0.717, 1.165) is 28.1 Å². The van der Waals surface area contributed by atoms with Crippen molar-refractivity contribution < 1.29 is 19.0 Å². The van der Waals surface area contributed by atoms with Gasteiger partial charge in [0.1, 0.15) is 5.75 Å². The summed E-state index contributed by atoms with van der Waals surface area (Å²) in [6.45, 7) is 6.99. The van der Waals surface area contributed by atoms with E-state index in [1.54, 1.807) is 18.3 Å². The second-order valence-electron chi connectivity index (χ2n) is 6.52. The number of amides is 1. The van der Waals surface area contributed by atoms with Gasteiger partial charge in [0.05, 0.1) is 25.5 Å². The van der Waals surface area contributed by atoms with Gasteiger partial charge in [0.25, 0.3) is 0 Å². The zero-order chi connectivity index (χ0) is 18.0. The van der Waals surface area contributed by atoms with E-state index in [-0.39, 0.29) is 0 Å². The van der Waals surface area contributed by atoms with Gasteiger partial charge in [0.15, 0.2) is 0 Å². The van der Waals surface area contributed by atoms with Gasteiger partial charge in [0, 0.05) is 36.7 Å². The molecule has 2 heterocycles. The molecule has 0 bridgehead atoms. The molecule has 0 unspecified atom stereocenters.